The molecule has 1 N–H and O–H groups in total. The maximum atomic E-state index is 12.2. The second kappa shape index (κ2) is 13.9. The third-order valence-electron chi connectivity index (χ3n) is 7.99. The minimum Gasteiger partial charge on any atom is -0.331 e. The lowest BCUT2D eigenvalue weighted by molar-refractivity contribution is -0.117. The Bertz CT molecular complexity index is 1230. The Hall–Kier alpha value is -2.51. The van der Waals surface area contributed by atoms with Crippen LogP contribution < -0.4 is 9.62 Å². The van der Waals surface area contributed by atoms with E-state index in [0.29, 0.717) is 6.54 Å². The first-order valence-electron chi connectivity index (χ1n) is 15.1. The molecule has 2 aromatic carbocycles. The molecule has 0 bridgehead atoms. The predicted octanol–water partition coefficient (Wildman–Crippen LogP) is 8.03. The van der Waals surface area contributed by atoms with E-state index in [1.807, 2.05) is 24.3 Å². The summed E-state index contributed by atoms with van der Waals surface area (Å²) < 4.78 is 4.33. The van der Waals surface area contributed by atoms with Gasteiger partial charge in [-0.1, -0.05) is 66.2 Å². The smallest absolute Gasteiger partial charge is 0.238 e. The van der Waals surface area contributed by atoms with Gasteiger partial charge in [-0.3, -0.25) is 9.69 Å². The number of aryl methyl sites for hydroxylation is 1. The molecule has 0 unspecified atom stereocenters. The quantitative estimate of drug-likeness (QED) is 0.243. The maximum Gasteiger partial charge on any atom is 0.238 e. The van der Waals surface area contributed by atoms with E-state index in [9.17, 15) is 4.79 Å². The molecule has 6 nitrogen and oxygen atoms in total. The Morgan fingerprint density at radius 3 is 2.27 bits per heavy atom. The molecule has 1 aromatic heterocycles. The second-order valence-corrected chi connectivity index (χ2v) is 13.9. The fourth-order valence-corrected chi connectivity index (χ4v) is 6.49. The molecule has 218 valence electrons. The zero-order valence-corrected chi connectivity index (χ0v) is 26.3. The van der Waals surface area contributed by atoms with Crippen LogP contribution in [0.3, 0.4) is 0 Å². The number of carbonyl (C=O) groups excluding carboxylic acids is 1. The van der Waals surface area contributed by atoms with Gasteiger partial charge in [0.15, 0.2) is 0 Å². The van der Waals surface area contributed by atoms with Crippen LogP contribution in [-0.2, 0) is 17.3 Å². The van der Waals surface area contributed by atoms with Gasteiger partial charge >= 0.3 is 0 Å². The maximum absolute atomic E-state index is 12.2. The van der Waals surface area contributed by atoms with Crippen molar-refractivity contribution in [1.82, 2.24) is 14.5 Å². The number of amides is 1. The van der Waals surface area contributed by atoms with Crippen molar-refractivity contribution < 1.29 is 4.79 Å². The third kappa shape index (κ3) is 8.50. The highest BCUT2D eigenvalue weighted by molar-refractivity contribution is 8.00. The van der Waals surface area contributed by atoms with Gasteiger partial charge in [0, 0.05) is 35.8 Å². The van der Waals surface area contributed by atoms with Crippen molar-refractivity contribution in [3.05, 3.63) is 48.3 Å². The first-order chi connectivity index (χ1) is 19.1. The topological polar surface area (TPSA) is 53.4 Å². The summed E-state index contributed by atoms with van der Waals surface area (Å²) in [4.78, 5) is 20.4. The van der Waals surface area contributed by atoms with Crippen molar-refractivity contribution >= 4 is 40.3 Å². The number of benzene rings is 2. The summed E-state index contributed by atoms with van der Waals surface area (Å²) in [5.41, 5.74) is 4.10. The van der Waals surface area contributed by atoms with Gasteiger partial charge in [0.1, 0.15) is 5.82 Å². The fourth-order valence-electron chi connectivity index (χ4n) is 5.69. The number of hydrogen-bond donors (Lipinski definition) is 1. The van der Waals surface area contributed by atoms with Crippen LogP contribution in [0, 0.1) is 5.92 Å². The van der Waals surface area contributed by atoms with Crippen LogP contribution in [0.25, 0.3) is 11.0 Å². The van der Waals surface area contributed by atoms with Gasteiger partial charge in [0.05, 0.1) is 17.6 Å². The van der Waals surface area contributed by atoms with Crippen LogP contribution in [0.4, 0.5) is 11.4 Å². The van der Waals surface area contributed by atoms with Gasteiger partial charge in [-0.25, -0.2) is 4.98 Å². The number of nitrogens with zero attached hydrogens (tertiary/aromatic N) is 4. The summed E-state index contributed by atoms with van der Waals surface area (Å²) in [7, 11) is 4.14. The van der Waals surface area contributed by atoms with Crippen molar-refractivity contribution in [1.29, 1.82) is 0 Å². The summed E-state index contributed by atoms with van der Waals surface area (Å²) in [6, 6.07) is 14.4. The van der Waals surface area contributed by atoms with Crippen LogP contribution in [0.1, 0.15) is 84.9 Å². The SMILES string of the molecule is CC1CCCCCC1.CN(Sc1ccc(NC(=O)CN2CCCC2)cc1)c1ccc2c(c1)nc(C(C)(C)C)n2C. The van der Waals surface area contributed by atoms with E-state index in [2.05, 4.69) is 79.1 Å². The minimum absolute atomic E-state index is 0.000224. The first kappa shape index (κ1) is 30.4. The van der Waals surface area contributed by atoms with Crippen molar-refractivity contribution in [2.45, 2.75) is 89.4 Å². The zero-order valence-electron chi connectivity index (χ0n) is 25.5. The number of carbonyl (C=O) groups is 1. The highest BCUT2D eigenvalue weighted by Crippen LogP contribution is 2.32. The Morgan fingerprint density at radius 2 is 1.65 bits per heavy atom. The molecule has 5 rings (SSSR count). The molecule has 1 saturated heterocycles. The van der Waals surface area contributed by atoms with Crippen LogP contribution in [0.15, 0.2) is 47.4 Å². The molecule has 7 heteroatoms. The number of fused-ring (bicyclic) bond motifs is 1. The standard InChI is InChI=1S/C25H33N5OS.C8H16/c1-25(2,3)24-27-21-16-19(10-13-22(21)28(24)4)29(5)32-20-11-8-18(9-12-20)26-23(31)17-30-14-6-7-15-30;1-8-6-4-2-3-5-7-8/h8-13,16H,6-7,14-15,17H2,1-5H3,(H,26,31);8H,2-7H2,1H3. The Balaban J connectivity index is 0.000000398. The molecule has 1 aliphatic carbocycles. The highest BCUT2D eigenvalue weighted by atomic mass is 32.2. The molecule has 3 aromatic rings. The van der Waals surface area contributed by atoms with E-state index in [1.165, 1.54) is 51.4 Å². The minimum atomic E-state index is 0.000224. The highest BCUT2D eigenvalue weighted by Gasteiger charge is 2.21. The summed E-state index contributed by atoms with van der Waals surface area (Å²) in [5, 5.41) is 3.01. The van der Waals surface area contributed by atoms with E-state index in [4.69, 9.17) is 4.98 Å². The van der Waals surface area contributed by atoms with Crippen molar-refractivity contribution in [2.24, 2.45) is 13.0 Å². The molecule has 0 atom stereocenters. The van der Waals surface area contributed by atoms with Crippen LogP contribution in [-0.4, -0.2) is 47.0 Å². The lowest BCUT2D eigenvalue weighted by atomic mass is 9.96. The lowest BCUT2D eigenvalue weighted by Crippen LogP contribution is -2.30. The molecule has 2 heterocycles. The average Bonchev–Trinajstić information content (AvgIpc) is 3.47. The summed E-state index contributed by atoms with van der Waals surface area (Å²) in [5.74, 6) is 2.17. The first-order valence-corrected chi connectivity index (χ1v) is 15.9. The molecule has 1 aliphatic heterocycles. The number of imidazole rings is 1. The predicted molar refractivity (Wildman–Crippen MR) is 171 cm³/mol. The van der Waals surface area contributed by atoms with E-state index in [0.717, 1.165) is 52.1 Å². The van der Waals surface area contributed by atoms with Gasteiger partial charge in [0.25, 0.3) is 0 Å². The molecular formula is C33H49N5OS. The molecule has 2 fully saturated rings. The van der Waals surface area contributed by atoms with Gasteiger partial charge in [-0.05, 0) is 86.3 Å². The molecule has 1 amide bonds. The largest absolute Gasteiger partial charge is 0.331 e. The van der Waals surface area contributed by atoms with Gasteiger partial charge < -0.3 is 14.2 Å². The monoisotopic (exact) mass is 563 g/mol. The van der Waals surface area contributed by atoms with Crippen LogP contribution >= 0.6 is 11.9 Å². The molecule has 0 spiro atoms. The molecule has 40 heavy (non-hydrogen) atoms. The molecular weight excluding hydrogens is 514 g/mol. The van der Waals surface area contributed by atoms with Gasteiger partial charge in [-0.15, -0.1) is 0 Å². The van der Waals surface area contributed by atoms with E-state index >= 15 is 0 Å². The van der Waals surface area contributed by atoms with E-state index in [-0.39, 0.29) is 11.3 Å². The number of aromatic nitrogens is 2. The number of nitrogens with one attached hydrogen (secondary N) is 1. The second-order valence-electron chi connectivity index (χ2n) is 12.7. The summed E-state index contributed by atoms with van der Waals surface area (Å²) in [6.45, 7) is 11.5. The van der Waals surface area contributed by atoms with E-state index < -0.39 is 0 Å². The van der Waals surface area contributed by atoms with E-state index in [1.54, 1.807) is 11.9 Å². The van der Waals surface area contributed by atoms with Crippen LogP contribution in [0.2, 0.25) is 0 Å². The zero-order chi connectivity index (χ0) is 28.7. The van der Waals surface area contributed by atoms with Crippen molar-refractivity contribution in [3.8, 4) is 0 Å². The van der Waals surface area contributed by atoms with Gasteiger partial charge in [-0.2, -0.15) is 0 Å². The third-order valence-corrected chi connectivity index (χ3v) is 8.96. The van der Waals surface area contributed by atoms with Gasteiger partial charge in [0.2, 0.25) is 5.91 Å². The number of hydrogen-bond acceptors (Lipinski definition) is 5. The summed E-state index contributed by atoms with van der Waals surface area (Å²) >= 11 is 1.65. The average molecular weight is 564 g/mol. The Morgan fingerprint density at radius 1 is 1.00 bits per heavy atom. The molecule has 1 saturated carbocycles. The number of anilines is 2. The molecule has 2 aliphatic rings. The summed E-state index contributed by atoms with van der Waals surface area (Å²) in [6.07, 6.45) is 11.3. The van der Waals surface area contributed by atoms with Crippen molar-refractivity contribution in [3.63, 3.8) is 0 Å². The normalized spacial score (nSPS) is 16.9. The van der Waals surface area contributed by atoms with Crippen molar-refractivity contribution in [2.75, 3.05) is 36.3 Å². The Labute approximate surface area is 246 Å². The van der Waals surface area contributed by atoms with Crippen LogP contribution in [0.5, 0.6) is 0 Å². The Kier molecular flexibility index (Phi) is 10.6. The molecule has 0 radical (unpaired) electrons. The number of likely N-dealkylation sites (tertiary alicyclic amines) is 1. The lowest BCUT2D eigenvalue weighted by Gasteiger charge is -2.18. The fraction of sp³-hybridized carbons (Fsp3) is 0.576. The number of rotatable bonds is 6.